The third-order valence-corrected chi connectivity index (χ3v) is 5.60. The maximum Gasteiger partial charge on any atom is 0.321 e. The van der Waals surface area contributed by atoms with Gasteiger partial charge in [-0.05, 0) is 18.9 Å². The zero-order chi connectivity index (χ0) is 21.5. The molecule has 0 amide bonds. The molecule has 2 aromatic carbocycles. The van der Waals surface area contributed by atoms with Gasteiger partial charge in [0, 0.05) is 17.9 Å². The predicted molar refractivity (Wildman–Crippen MR) is 113 cm³/mol. The number of rotatable bonds is 9. The third kappa shape index (κ3) is 5.15. The largest absolute Gasteiger partial charge is 0.461 e. The Morgan fingerprint density at radius 2 is 1.67 bits per heavy atom. The van der Waals surface area contributed by atoms with Crippen LogP contribution in [-0.2, 0) is 19.1 Å². The standard InChI is InChI=1S/C25H28O5/c1-3-4-15-22-20(16-21(26)19-13-9-6-10-14-19)23(25(28)30-22)24(27)29-17(2)18-11-7-5-8-12-18/h5-14,17,20,22-23H,3-4,15-16H2,1-2H3/t17-,20+,22-,23-/m1/s1. The van der Waals surface area contributed by atoms with Crippen LogP contribution in [0.15, 0.2) is 60.7 Å². The van der Waals surface area contributed by atoms with Crippen LogP contribution in [0.4, 0.5) is 0 Å². The lowest BCUT2D eigenvalue weighted by atomic mass is 9.83. The van der Waals surface area contributed by atoms with E-state index in [2.05, 4.69) is 0 Å². The molecule has 0 saturated carbocycles. The summed E-state index contributed by atoms with van der Waals surface area (Å²) in [5, 5.41) is 0. The Labute approximate surface area is 177 Å². The van der Waals surface area contributed by atoms with Gasteiger partial charge < -0.3 is 9.47 Å². The van der Waals surface area contributed by atoms with E-state index in [4.69, 9.17) is 9.47 Å². The van der Waals surface area contributed by atoms with Gasteiger partial charge in [0.25, 0.3) is 0 Å². The number of carbonyl (C=O) groups excluding carboxylic acids is 3. The van der Waals surface area contributed by atoms with Gasteiger partial charge in [0.1, 0.15) is 12.2 Å². The van der Waals surface area contributed by atoms with E-state index >= 15 is 0 Å². The third-order valence-electron chi connectivity index (χ3n) is 5.60. The molecule has 1 aliphatic heterocycles. The molecule has 1 heterocycles. The molecule has 5 nitrogen and oxygen atoms in total. The summed E-state index contributed by atoms with van der Waals surface area (Å²) in [6.45, 7) is 3.82. The molecule has 158 valence electrons. The predicted octanol–water partition coefficient (Wildman–Crippen LogP) is 4.91. The van der Waals surface area contributed by atoms with E-state index in [0.29, 0.717) is 12.0 Å². The topological polar surface area (TPSA) is 69.7 Å². The van der Waals surface area contributed by atoms with Gasteiger partial charge in [-0.1, -0.05) is 80.4 Å². The molecule has 1 saturated heterocycles. The van der Waals surface area contributed by atoms with Crippen molar-refractivity contribution in [2.75, 3.05) is 0 Å². The van der Waals surface area contributed by atoms with E-state index in [-0.39, 0.29) is 12.2 Å². The molecule has 0 unspecified atom stereocenters. The Morgan fingerprint density at radius 3 is 2.30 bits per heavy atom. The van der Waals surface area contributed by atoms with Crippen LogP contribution in [0.5, 0.6) is 0 Å². The van der Waals surface area contributed by atoms with E-state index < -0.39 is 36.0 Å². The summed E-state index contributed by atoms with van der Waals surface area (Å²) in [4.78, 5) is 38.4. The van der Waals surface area contributed by atoms with Gasteiger partial charge in [-0.2, -0.15) is 0 Å². The normalized spacial score (nSPS) is 21.7. The number of benzene rings is 2. The lowest BCUT2D eigenvalue weighted by Crippen LogP contribution is -2.32. The SMILES string of the molecule is CCCC[C@H]1OC(=O)[C@@H](C(=O)O[C@H](C)c2ccccc2)[C@H]1CC(=O)c1ccccc1. The Bertz CT molecular complexity index is 862. The maximum absolute atomic E-state index is 13.0. The fraction of sp³-hybridized carbons (Fsp3) is 0.400. The summed E-state index contributed by atoms with van der Waals surface area (Å²) in [6.07, 6.45) is 1.56. The summed E-state index contributed by atoms with van der Waals surface area (Å²) in [5.41, 5.74) is 1.41. The van der Waals surface area contributed by atoms with Gasteiger partial charge in [0.2, 0.25) is 0 Å². The molecule has 0 N–H and O–H groups in total. The van der Waals surface area contributed by atoms with Crippen LogP contribution < -0.4 is 0 Å². The number of ether oxygens (including phenoxy) is 2. The minimum Gasteiger partial charge on any atom is -0.461 e. The highest BCUT2D eigenvalue weighted by Crippen LogP contribution is 2.36. The van der Waals surface area contributed by atoms with Gasteiger partial charge in [0.05, 0.1) is 0 Å². The van der Waals surface area contributed by atoms with Crippen LogP contribution >= 0.6 is 0 Å². The Kier molecular flexibility index (Phi) is 7.39. The van der Waals surface area contributed by atoms with E-state index in [1.54, 1.807) is 31.2 Å². The zero-order valence-corrected chi connectivity index (χ0v) is 17.5. The number of hydrogen-bond donors (Lipinski definition) is 0. The van der Waals surface area contributed by atoms with Gasteiger partial charge >= 0.3 is 11.9 Å². The van der Waals surface area contributed by atoms with Crippen molar-refractivity contribution in [3.05, 3.63) is 71.8 Å². The molecule has 1 fully saturated rings. The average Bonchev–Trinajstić information content (AvgIpc) is 3.08. The molecule has 0 spiro atoms. The van der Waals surface area contributed by atoms with Crippen molar-refractivity contribution < 1.29 is 23.9 Å². The van der Waals surface area contributed by atoms with Crippen molar-refractivity contribution in [2.45, 2.75) is 51.7 Å². The fourth-order valence-corrected chi connectivity index (χ4v) is 3.89. The van der Waals surface area contributed by atoms with Crippen molar-refractivity contribution in [1.82, 2.24) is 0 Å². The summed E-state index contributed by atoms with van der Waals surface area (Å²) in [7, 11) is 0. The molecule has 2 aromatic rings. The number of ketones is 1. The van der Waals surface area contributed by atoms with Crippen molar-refractivity contribution in [3.8, 4) is 0 Å². The molecule has 3 rings (SSSR count). The molecular formula is C25H28O5. The highest BCUT2D eigenvalue weighted by molar-refractivity contribution is 6.00. The van der Waals surface area contributed by atoms with Crippen molar-refractivity contribution >= 4 is 17.7 Å². The minimum atomic E-state index is -1.08. The quantitative estimate of drug-likeness (QED) is 0.335. The molecule has 4 atom stereocenters. The first kappa shape index (κ1) is 21.8. The van der Waals surface area contributed by atoms with Crippen LogP contribution in [-0.4, -0.2) is 23.8 Å². The van der Waals surface area contributed by atoms with Crippen molar-refractivity contribution in [2.24, 2.45) is 11.8 Å². The summed E-state index contributed by atoms with van der Waals surface area (Å²) in [6, 6.07) is 18.3. The molecule has 30 heavy (non-hydrogen) atoms. The van der Waals surface area contributed by atoms with E-state index in [0.717, 1.165) is 18.4 Å². The van der Waals surface area contributed by atoms with Gasteiger partial charge in [0.15, 0.2) is 11.7 Å². The molecule has 0 bridgehead atoms. The number of cyclic esters (lactones) is 1. The second-order valence-electron chi connectivity index (χ2n) is 7.74. The Hall–Kier alpha value is -2.95. The summed E-state index contributed by atoms with van der Waals surface area (Å²) >= 11 is 0. The second kappa shape index (κ2) is 10.2. The first-order valence-corrected chi connectivity index (χ1v) is 10.6. The molecule has 0 radical (unpaired) electrons. The first-order chi connectivity index (χ1) is 14.5. The van der Waals surface area contributed by atoms with Crippen LogP contribution in [0.1, 0.15) is 61.6 Å². The zero-order valence-electron chi connectivity index (χ0n) is 17.5. The molecule has 5 heteroatoms. The van der Waals surface area contributed by atoms with Crippen LogP contribution in [0.2, 0.25) is 0 Å². The lowest BCUT2D eigenvalue weighted by molar-refractivity contribution is -0.160. The number of Topliss-reactive ketones (excluding diaryl/α,β-unsaturated/α-hetero) is 1. The van der Waals surface area contributed by atoms with E-state index in [1.165, 1.54) is 0 Å². The van der Waals surface area contributed by atoms with E-state index in [1.807, 2.05) is 43.3 Å². The van der Waals surface area contributed by atoms with E-state index in [9.17, 15) is 14.4 Å². The highest BCUT2D eigenvalue weighted by atomic mass is 16.6. The number of esters is 2. The van der Waals surface area contributed by atoms with Crippen LogP contribution in [0.25, 0.3) is 0 Å². The number of unbranched alkanes of at least 4 members (excludes halogenated alkanes) is 1. The molecule has 0 aliphatic carbocycles. The summed E-state index contributed by atoms with van der Waals surface area (Å²) in [5.74, 6) is -2.92. The number of hydrogen-bond acceptors (Lipinski definition) is 5. The van der Waals surface area contributed by atoms with Crippen molar-refractivity contribution in [1.29, 1.82) is 0 Å². The Balaban J connectivity index is 1.77. The maximum atomic E-state index is 13.0. The number of carbonyl (C=O) groups is 3. The van der Waals surface area contributed by atoms with Crippen LogP contribution in [0.3, 0.4) is 0 Å². The molecule has 1 aliphatic rings. The van der Waals surface area contributed by atoms with Gasteiger partial charge in [-0.3, -0.25) is 14.4 Å². The van der Waals surface area contributed by atoms with Gasteiger partial charge in [-0.25, -0.2) is 0 Å². The fourth-order valence-electron chi connectivity index (χ4n) is 3.89. The lowest BCUT2D eigenvalue weighted by Gasteiger charge is -2.21. The minimum absolute atomic E-state index is 0.0730. The monoisotopic (exact) mass is 408 g/mol. The first-order valence-electron chi connectivity index (χ1n) is 10.6. The second-order valence-corrected chi connectivity index (χ2v) is 7.74. The average molecular weight is 408 g/mol. The smallest absolute Gasteiger partial charge is 0.321 e. The molecule has 0 aromatic heterocycles. The van der Waals surface area contributed by atoms with Crippen LogP contribution in [0, 0.1) is 11.8 Å². The van der Waals surface area contributed by atoms with Crippen molar-refractivity contribution in [3.63, 3.8) is 0 Å². The Morgan fingerprint density at radius 1 is 1.03 bits per heavy atom. The van der Waals surface area contributed by atoms with Gasteiger partial charge in [-0.15, -0.1) is 0 Å². The summed E-state index contributed by atoms with van der Waals surface area (Å²) < 4.78 is 11.2. The molecular weight excluding hydrogens is 380 g/mol. The highest BCUT2D eigenvalue weighted by Gasteiger charge is 2.50.